The molecule has 0 atom stereocenters. The number of carbonyl (C=O) groups excluding carboxylic acids is 1. The number of carbonyl (C=O) groups is 1. The third-order valence-electron chi connectivity index (χ3n) is 2.86. The van der Waals surface area contributed by atoms with Gasteiger partial charge in [0.05, 0.1) is 11.4 Å². The first kappa shape index (κ1) is 13.9. The Balaban J connectivity index is 2.03. The highest BCUT2D eigenvalue weighted by Crippen LogP contribution is 2.14. The van der Waals surface area contributed by atoms with Gasteiger partial charge in [-0.15, -0.1) is 0 Å². The molecule has 0 bridgehead atoms. The van der Waals surface area contributed by atoms with Gasteiger partial charge in [-0.05, 0) is 30.2 Å². The summed E-state index contributed by atoms with van der Waals surface area (Å²) in [5, 5.41) is 7.10. The highest BCUT2D eigenvalue weighted by molar-refractivity contribution is 6.02. The van der Waals surface area contributed by atoms with E-state index in [0.29, 0.717) is 5.69 Å². The lowest BCUT2D eigenvalue weighted by Gasteiger charge is -2.00. The first-order valence-electron chi connectivity index (χ1n) is 6.45. The number of amides is 1. The Labute approximate surface area is 118 Å². The van der Waals surface area contributed by atoms with Crippen LogP contribution in [0.5, 0.6) is 0 Å². The number of nitrogens with one attached hydrogen (secondary N) is 1. The minimum absolute atomic E-state index is 0.176. The van der Waals surface area contributed by atoms with E-state index < -0.39 is 0 Å². The van der Waals surface area contributed by atoms with Gasteiger partial charge in [0, 0.05) is 25.0 Å². The largest absolute Gasteiger partial charge is 0.399 e. The van der Waals surface area contributed by atoms with Crippen molar-refractivity contribution in [3.63, 3.8) is 0 Å². The standard InChI is InChI=1S/C15H18N4O/c1-3-13-14(10-19(2)18-13)17-15(20)9-6-11-4-7-12(16)8-5-11/h4-10H,3,16H2,1-2H3,(H,17,20)/b9-6+. The maximum absolute atomic E-state index is 11.9. The molecule has 0 aliphatic heterocycles. The molecule has 0 aliphatic carbocycles. The summed E-state index contributed by atoms with van der Waals surface area (Å²) in [4.78, 5) is 11.9. The second-order valence-electron chi connectivity index (χ2n) is 4.51. The number of nitrogen functional groups attached to an aromatic ring is 1. The molecule has 20 heavy (non-hydrogen) atoms. The second-order valence-corrected chi connectivity index (χ2v) is 4.51. The minimum Gasteiger partial charge on any atom is -0.399 e. The average molecular weight is 270 g/mol. The molecule has 0 aliphatic rings. The number of nitrogens with zero attached hydrogens (tertiary/aromatic N) is 2. The number of nitrogens with two attached hydrogens (primary N) is 1. The van der Waals surface area contributed by atoms with Gasteiger partial charge >= 0.3 is 0 Å². The fourth-order valence-electron chi connectivity index (χ4n) is 1.85. The Bertz CT molecular complexity index is 626. The van der Waals surface area contributed by atoms with Gasteiger partial charge in [-0.1, -0.05) is 19.1 Å². The second kappa shape index (κ2) is 6.06. The van der Waals surface area contributed by atoms with Crippen molar-refractivity contribution < 1.29 is 4.79 Å². The van der Waals surface area contributed by atoms with Crippen molar-refractivity contribution in [2.45, 2.75) is 13.3 Å². The lowest BCUT2D eigenvalue weighted by Crippen LogP contribution is -2.08. The number of hydrogen-bond donors (Lipinski definition) is 2. The molecule has 1 amide bonds. The van der Waals surface area contributed by atoms with Crippen molar-refractivity contribution >= 4 is 23.4 Å². The van der Waals surface area contributed by atoms with E-state index in [-0.39, 0.29) is 5.91 Å². The molecule has 2 rings (SSSR count). The van der Waals surface area contributed by atoms with E-state index in [2.05, 4.69) is 10.4 Å². The van der Waals surface area contributed by atoms with Crippen molar-refractivity contribution in [2.75, 3.05) is 11.1 Å². The van der Waals surface area contributed by atoms with Crippen LogP contribution < -0.4 is 11.1 Å². The summed E-state index contributed by atoms with van der Waals surface area (Å²) in [5.74, 6) is -0.176. The smallest absolute Gasteiger partial charge is 0.248 e. The summed E-state index contributed by atoms with van der Waals surface area (Å²) in [5.41, 5.74) is 8.87. The normalized spacial score (nSPS) is 10.9. The minimum atomic E-state index is -0.176. The molecule has 1 aromatic carbocycles. The summed E-state index contributed by atoms with van der Waals surface area (Å²) in [6, 6.07) is 7.32. The number of benzene rings is 1. The maximum atomic E-state index is 11.9. The van der Waals surface area contributed by atoms with Crippen molar-refractivity contribution in [3.8, 4) is 0 Å². The Hall–Kier alpha value is -2.56. The summed E-state index contributed by atoms with van der Waals surface area (Å²) in [6.07, 6.45) is 5.82. The Morgan fingerprint density at radius 3 is 2.75 bits per heavy atom. The SMILES string of the molecule is CCc1nn(C)cc1NC(=O)/C=C/c1ccc(N)cc1. The molecule has 0 saturated carbocycles. The molecule has 3 N–H and O–H groups in total. The Kier molecular flexibility index (Phi) is 4.20. The number of hydrogen-bond acceptors (Lipinski definition) is 3. The van der Waals surface area contributed by atoms with Gasteiger partial charge in [0.2, 0.25) is 5.91 Å². The third kappa shape index (κ3) is 3.47. The number of anilines is 2. The summed E-state index contributed by atoms with van der Waals surface area (Å²) in [7, 11) is 1.83. The lowest BCUT2D eigenvalue weighted by atomic mass is 10.2. The molecule has 0 unspecified atom stereocenters. The molecule has 5 nitrogen and oxygen atoms in total. The molecule has 0 radical (unpaired) electrons. The zero-order chi connectivity index (χ0) is 14.5. The van der Waals surface area contributed by atoms with Crippen LogP contribution in [0.3, 0.4) is 0 Å². The first-order chi connectivity index (χ1) is 9.58. The maximum Gasteiger partial charge on any atom is 0.248 e. The van der Waals surface area contributed by atoms with E-state index in [0.717, 1.165) is 23.4 Å². The van der Waals surface area contributed by atoms with Gasteiger partial charge in [-0.25, -0.2) is 0 Å². The summed E-state index contributed by atoms with van der Waals surface area (Å²) in [6.45, 7) is 2.00. The molecule has 1 heterocycles. The highest BCUT2D eigenvalue weighted by Gasteiger charge is 2.07. The van der Waals surface area contributed by atoms with Gasteiger partial charge in [-0.2, -0.15) is 5.10 Å². The van der Waals surface area contributed by atoms with E-state index >= 15 is 0 Å². The van der Waals surface area contributed by atoms with Gasteiger partial charge < -0.3 is 11.1 Å². The van der Waals surface area contributed by atoms with Crippen LogP contribution in [-0.2, 0) is 18.3 Å². The topological polar surface area (TPSA) is 72.9 Å². The van der Waals surface area contributed by atoms with E-state index in [1.54, 1.807) is 29.1 Å². The molecule has 0 fully saturated rings. The first-order valence-corrected chi connectivity index (χ1v) is 6.45. The van der Waals surface area contributed by atoms with Crippen LogP contribution in [0.4, 0.5) is 11.4 Å². The van der Waals surface area contributed by atoms with Gasteiger partial charge in [0.25, 0.3) is 0 Å². The predicted octanol–water partition coefficient (Wildman–Crippen LogP) is 2.22. The number of aryl methyl sites for hydroxylation is 2. The van der Waals surface area contributed by atoms with Crippen LogP contribution in [0, 0.1) is 0 Å². The van der Waals surface area contributed by atoms with E-state index in [9.17, 15) is 4.79 Å². The number of rotatable bonds is 4. The van der Waals surface area contributed by atoms with Crippen LogP contribution in [0.1, 0.15) is 18.2 Å². The molecule has 104 valence electrons. The predicted molar refractivity (Wildman–Crippen MR) is 81.1 cm³/mol. The number of aromatic nitrogens is 2. The molecule has 0 spiro atoms. The summed E-state index contributed by atoms with van der Waals surface area (Å²) >= 11 is 0. The van der Waals surface area contributed by atoms with E-state index in [1.165, 1.54) is 6.08 Å². The Morgan fingerprint density at radius 1 is 1.40 bits per heavy atom. The van der Waals surface area contributed by atoms with Crippen LogP contribution >= 0.6 is 0 Å². The lowest BCUT2D eigenvalue weighted by molar-refractivity contribution is -0.111. The Morgan fingerprint density at radius 2 is 2.10 bits per heavy atom. The fraction of sp³-hybridized carbons (Fsp3) is 0.200. The monoisotopic (exact) mass is 270 g/mol. The van der Waals surface area contributed by atoms with E-state index in [4.69, 9.17) is 5.73 Å². The zero-order valence-electron chi connectivity index (χ0n) is 11.6. The molecular weight excluding hydrogens is 252 g/mol. The van der Waals surface area contributed by atoms with E-state index in [1.807, 2.05) is 26.1 Å². The quantitative estimate of drug-likeness (QED) is 0.661. The van der Waals surface area contributed by atoms with Crippen molar-refractivity contribution in [3.05, 3.63) is 47.8 Å². The molecule has 2 aromatic rings. The van der Waals surface area contributed by atoms with Crippen molar-refractivity contribution in [1.29, 1.82) is 0 Å². The zero-order valence-corrected chi connectivity index (χ0v) is 11.6. The molecule has 5 heteroatoms. The molecule has 0 saturated heterocycles. The van der Waals surface area contributed by atoms with Crippen LogP contribution in [0.15, 0.2) is 36.5 Å². The van der Waals surface area contributed by atoms with Gasteiger partial charge in [0.1, 0.15) is 0 Å². The van der Waals surface area contributed by atoms with Crippen LogP contribution in [-0.4, -0.2) is 15.7 Å². The summed E-state index contributed by atoms with van der Waals surface area (Å²) < 4.78 is 1.69. The molecule has 1 aromatic heterocycles. The average Bonchev–Trinajstić information content (AvgIpc) is 2.78. The van der Waals surface area contributed by atoms with Crippen molar-refractivity contribution in [2.24, 2.45) is 7.05 Å². The van der Waals surface area contributed by atoms with Gasteiger partial charge in [0.15, 0.2) is 0 Å². The van der Waals surface area contributed by atoms with Gasteiger partial charge in [-0.3, -0.25) is 9.48 Å². The van der Waals surface area contributed by atoms with Crippen molar-refractivity contribution in [1.82, 2.24) is 9.78 Å². The highest BCUT2D eigenvalue weighted by atomic mass is 16.1. The third-order valence-corrected chi connectivity index (χ3v) is 2.86. The molecular formula is C15H18N4O. The van der Waals surface area contributed by atoms with Crippen LogP contribution in [0.25, 0.3) is 6.08 Å². The van der Waals surface area contributed by atoms with Crippen LogP contribution in [0.2, 0.25) is 0 Å². The fourth-order valence-corrected chi connectivity index (χ4v) is 1.85.